The lowest BCUT2D eigenvalue weighted by molar-refractivity contribution is -0.113. The molecular formula is C18H18ClN5OS2. The normalized spacial score (nSPS) is 16.3. The molecule has 0 fully saturated rings. The number of pyridine rings is 1. The first kappa shape index (κ1) is 18.5. The van der Waals surface area contributed by atoms with E-state index in [9.17, 15) is 4.79 Å². The van der Waals surface area contributed by atoms with Gasteiger partial charge in [-0.25, -0.2) is 15.0 Å². The van der Waals surface area contributed by atoms with Gasteiger partial charge in [-0.2, -0.15) is 0 Å². The number of nitrogens with one attached hydrogen (secondary N) is 1. The number of aromatic nitrogens is 3. The molecule has 0 aromatic carbocycles. The van der Waals surface area contributed by atoms with Crippen LogP contribution in [0, 0.1) is 5.92 Å². The third-order valence-electron chi connectivity index (χ3n) is 4.53. The van der Waals surface area contributed by atoms with Crippen molar-refractivity contribution in [3.05, 3.63) is 33.9 Å². The summed E-state index contributed by atoms with van der Waals surface area (Å²) in [6, 6.07) is 3.42. The Bertz CT molecular complexity index is 1020. The smallest absolute Gasteiger partial charge is 0.234 e. The van der Waals surface area contributed by atoms with Gasteiger partial charge < -0.3 is 11.1 Å². The van der Waals surface area contributed by atoms with Crippen molar-refractivity contribution >= 4 is 62.3 Å². The van der Waals surface area contributed by atoms with Gasteiger partial charge in [0.2, 0.25) is 5.91 Å². The highest BCUT2D eigenvalue weighted by Gasteiger charge is 2.23. The number of nitrogen functional groups attached to an aromatic ring is 1. The molecule has 3 aromatic heterocycles. The second-order valence-electron chi connectivity index (χ2n) is 6.60. The van der Waals surface area contributed by atoms with Gasteiger partial charge in [-0.05, 0) is 42.9 Å². The molecule has 0 radical (unpaired) electrons. The minimum atomic E-state index is -0.198. The molecule has 0 aliphatic heterocycles. The van der Waals surface area contributed by atoms with Crippen molar-refractivity contribution in [2.75, 3.05) is 16.8 Å². The molecule has 27 heavy (non-hydrogen) atoms. The molecule has 3 N–H and O–H groups in total. The molecule has 3 aromatic rings. The largest absolute Gasteiger partial charge is 0.383 e. The van der Waals surface area contributed by atoms with Gasteiger partial charge in [0.1, 0.15) is 10.6 Å². The van der Waals surface area contributed by atoms with Crippen LogP contribution in [0.25, 0.3) is 10.2 Å². The summed E-state index contributed by atoms with van der Waals surface area (Å²) >= 11 is 8.92. The Morgan fingerprint density at radius 1 is 1.48 bits per heavy atom. The summed E-state index contributed by atoms with van der Waals surface area (Å²) in [7, 11) is 0. The number of aryl methyl sites for hydroxylation is 1. The highest BCUT2D eigenvalue weighted by molar-refractivity contribution is 7.99. The number of carbonyl (C=O) groups excluding carboxylic acids is 1. The van der Waals surface area contributed by atoms with Gasteiger partial charge in [-0.1, -0.05) is 30.3 Å². The lowest BCUT2D eigenvalue weighted by Crippen LogP contribution is -2.15. The Morgan fingerprint density at radius 2 is 2.33 bits per heavy atom. The number of fused-ring (bicyclic) bond motifs is 3. The van der Waals surface area contributed by atoms with Crippen LogP contribution in [0.3, 0.4) is 0 Å². The summed E-state index contributed by atoms with van der Waals surface area (Å²) in [4.78, 5) is 27.5. The van der Waals surface area contributed by atoms with E-state index in [-0.39, 0.29) is 16.8 Å². The SMILES string of the molecule is CC1CCc2c(sc3nc(SCC(=O)Nc4cccnc4Cl)nc(N)c23)C1. The topological polar surface area (TPSA) is 93.8 Å². The molecule has 1 amide bonds. The first-order valence-electron chi connectivity index (χ1n) is 8.62. The van der Waals surface area contributed by atoms with Crippen LogP contribution in [-0.4, -0.2) is 26.6 Å². The van der Waals surface area contributed by atoms with Crippen LogP contribution in [0.5, 0.6) is 0 Å². The summed E-state index contributed by atoms with van der Waals surface area (Å²) in [5.74, 6) is 1.16. The van der Waals surface area contributed by atoms with Crippen LogP contribution in [0.2, 0.25) is 5.15 Å². The van der Waals surface area contributed by atoms with Crippen LogP contribution in [0.15, 0.2) is 23.5 Å². The predicted octanol–water partition coefficient (Wildman–Crippen LogP) is 4.18. The molecule has 4 rings (SSSR count). The zero-order chi connectivity index (χ0) is 19.0. The minimum absolute atomic E-state index is 0.165. The van der Waals surface area contributed by atoms with Crippen molar-refractivity contribution in [1.29, 1.82) is 0 Å². The number of nitrogens with two attached hydrogens (primary N) is 1. The Balaban J connectivity index is 1.49. The average molecular weight is 420 g/mol. The summed E-state index contributed by atoms with van der Waals surface area (Å²) < 4.78 is 0. The second kappa shape index (κ2) is 7.61. The average Bonchev–Trinajstić information content (AvgIpc) is 2.99. The Morgan fingerprint density at radius 3 is 3.15 bits per heavy atom. The van der Waals surface area contributed by atoms with E-state index in [0.29, 0.717) is 22.6 Å². The quantitative estimate of drug-likeness (QED) is 0.374. The number of thiophene rings is 1. The molecule has 6 nitrogen and oxygen atoms in total. The molecule has 1 aliphatic carbocycles. The van der Waals surface area contributed by atoms with E-state index in [1.807, 2.05) is 0 Å². The number of thioether (sulfide) groups is 1. The first-order valence-corrected chi connectivity index (χ1v) is 10.8. The van der Waals surface area contributed by atoms with E-state index < -0.39 is 0 Å². The fourth-order valence-electron chi connectivity index (χ4n) is 3.21. The van der Waals surface area contributed by atoms with E-state index in [0.717, 1.165) is 23.1 Å². The Kier molecular flexibility index (Phi) is 5.21. The lowest BCUT2D eigenvalue weighted by atomic mass is 9.89. The highest BCUT2D eigenvalue weighted by Crippen LogP contribution is 2.39. The van der Waals surface area contributed by atoms with Crippen molar-refractivity contribution in [1.82, 2.24) is 15.0 Å². The predicted molar refractivity (Wildman–Crippen MR) is 112 cm³/mol. The van der Waals surface area contributed by atoms with Crippen molar-refractivity contribution < 1.29 is 4.79 Å². The standard InChI is InChI=1S/C18H18ClN5OS2/c1-9-4-5-10-12(7-9)27-17-14(10)16(20)23-18(24-17)26-8-13(25)22-11-3-2-6-21-15(11)19/h2-3,6,9H,4-5,7-8H2,1H3,(H,22,25)(H2,20,23,24). The number of amides is 1. The molecule has 0 saturated carbocycles. The number of halogens is 1. The van der Waals surface area contributed by atoms with Crippen molar-refractivity contribution in [3.8, 4) is 0 Å². The maximum Gasteiger partial charge on any atom is 0.234 e. The number of hydrogen-bond acceptors (Lipinski definition) is 7. The lowest BCUT2D eigenvalue weighted by Gasteiger charge is -2.17. The zero-order valence-corrected chi connectivity index (χ0v) is 17.0. The molecule has 0 saturated heterocycles. The van der Waals surface area contributed by atoms with Crippen LogP contribution < -0.4 is 11.1 Å². The van der Waals surface area contributed by atoms with Crippen molar-refractivity contribution in [3.63, 3.8) is 0 Å². The minimum Gasteiger partial charge on any atom is -0.383 e. The maximum absolute atomic E-state index is 12.2. The van der Waals surface area contributed by atoms with Crippen LogP contribution >= 0.6 is 34.7 Å². The summed E-state index contributed by atoms with van der Waals surface area (Å²) in [6.45, 7) is 2.27. The third-order valence-corrected chi connectivity index (χ3v) is 6.82. The monoisotopic (exact) mass is 419 g/mol. The molecule has 1 atom stereocenters. The number of anilines is 2. The molecule has 9 heteroatoms. The van der Waals surface area contributed by atoms with Gasteiger partial charge in [-0.3, -0.25) is 4.79 Å². The Hall–Kier alpha value is -1.90. The fraction of sp³-hybridized carbons (Fsp3) is 0.333. The van der Waals surface area contributed by atoms with Gasteiger partial charge in [0.25, 0.3) is 0 Å². The third kappa shape index (κ3) is 3.88. The van der Waals surface area contributed by atoms with Crippen LogP contribution in [-0.2, 0) is 17.6 Å². The van der Waals surface area contributed by atoms with Gasteiger partial charge in [0, 0.05) is 11.1 Å². The van der Waals surface area contributed by atoms with Crippen LogP contribution in [0.4, 0.5) is 11.5 Å². The first-order chi connectivity index (χ1) is 13.0. The van der Waals surface area contributed by atoms with Gasteiger partial charge >= 0.3 is 0 Å². The summed E-state index contributed by atoms with van der Waals surface area (Å²) in [5, 5.41) is 4.51. The summed E-state index contributed by atoms with van der Waals surface area (Å²) in [6.07, 6.45) is 4.85. The second-order valence-corrected chi connectivity index (χ2v) is 8.99. The van der Waals surface area contributed by atoms with Gasteiger partial charge in [0.05, 0.1) is 16.8 Å². The molecule has 140 valence electrons. The number of nitrogens with zero attached hydrogens (tertiary/aromatic N) is 3. The Labute approximate surface area is 169 Å². The van der Waals surface area contributed by atoms with E-state index in [4.69, 9.17) is 17.3 Å². The molecule has 1 aliphatic rings. The van der Waals surface area contributed by atoms with Crippen LogP contribution in [0.1, 0.15) is 23.8 Å². The van der Waals surface area contributed by atoms with E-state index in [2.05, 4.69) is 27.2 Å². The maximum atomic E-state index is 12.2. The molecule has 1 unspecified atom stereocenters. The highest BCUT2D eigenvalue weighted by atomic mass is 35.5. The number of carbonyl (C=O) groups is 1. The molecule has 0 bridgehead atoms. The zero-order valence-electron chi connectivity index (χ0n) is 14.7. The van der Waals surface area contributed by atoms with Gasteiger partial charge in [-0.15, -0.1) is 11.3 Å². The number of rotatable bonds is 4. The fourth-order valence-corrected chi connectivity index (χ4v) is 5.48. The summed E-state index contributed by atoms with van der Waals surface area (Å²) in [5.41, 5.74) is 8.02. The molecule has 3 heterocycles. The number of hydrogen-bond donors (Lipinski definition) is 2. The van der Waals surface area contributed by atoms with Crippen molar-refractivity contribution in [2.45, 2.75) is 31.3 Å². The molecule has 0 spiro atoms. The van der Waals surface area contributed by atoms with Crippen molar-refractivity contribution in [2.24, 2.45) is 5.92 Å². The van der Waals surface area contributed by atoms with E-state index >= 15 is 0 Å². The van der Waals surface area contributed by atoms with Gasteiger partial charge in [0.15, 0.2) is 10.3 Å². The van der Waals surface area contributed by atoms with E-state index in [1.54, 1.807) is 29.7 Å². The van der Waals surface area contributed by atoms with E-state index in [1.165, 1.54) is 28.6 Å². The molecular weight excluding hydrogens is 402 g/mol.